The molecular weight excluding hydrogens is 226 g/mol. The molecule has 0 bridgehead atoms. The van der Waals surface area contributed by atoms with Crippen LogP contribution < -0.4 is 0 Å². The number of benzene rings is 1. The molecule has 3 rings (SSSR count). The van der Waals surface area contributed by atoms with E-state index in [4.69, 9.17) is 0 Å². The zero-order valence-electron chi connectivity index (χ0n) is 10.3. The smallest absolute Gasteiger partial charge is 0.0233 e. The van der Waals surface area contributed by atoms with E-state index in [1.165, 1.54) is 31.5 Å². The Kier molecular flexibility index (Phi) is 3.44. The Labute approximate surface area is 110 Å². The molecule has 3 unspecified atom stereocenters. The first-order valence-electron chi connectivity index (χ1n) is 6.74. The molecule has 17 heavy (non-hydrogen) atoms. The molecule has 1 saturated heterocycles. The van der Waals surface area contributed by atoms with Crippen LogP contribution in [-0.4, -0.2) is 23.7 Å². The summed E-state index contributed by atoms with van der Waals surface area (Å²) in [5, 5.41) is 0. The molecule has 1 aromatic rings. The summed E-state index contributed by atoms with van der Waals surface area (Å²) in [4.78, 5) is 2.62. The Bertz CT molecular complexity index is 364. The maximum atomic E-state index is 4.42. The lowest BCUT2D eigenvalue weighted by molar-refractivity contribution is 0.307. The van der Waals surface area contributed by atoms with Crippen molar-refractivity contribution >= 4 is 12.6 Å². The monoisotopic (exact) mass is 247 g/mol. The summed E-state index contributed by atoms with van der Waals surface area (Å²) in [5.74, 6) is 3.98. The minimum atomic E-state index is 0.931. The molecule has 2 heteroatoms. The largest absolute Gasteiger partial charge is 0.299 e. The molecule has 2 aliphatic rings. The zero-order valence-corrected chi connectivity index (χ0v) is 11.2. The maximum absolute atomic E-state index is 4.42. The maximum Gasteiger partial charge on any atom is 0.0233 e. The Morgan fingerprint density at radius 1 is 1.24 bits per heavy atom. The highest BCUT2D eigenvalue weighted by molar-refractivity contribution is 7.80. The fourth-order valence-electron chi connectivity index (χ4n) is 3.26. The minimum Gasteiger partial charge on any atom is -0.299 e. The Balaban J connectivity index is 1.51. The number of likely N-dealkylation sites (tertiary alicyclic amines) is 1. The first kappa shape index (κ1) is 11.6. The van der Waals surface area contributed by atoms with Gasteiger partial charge in [-0.25, -0.2) is 0 Å². The van der Waals surface area contributed by atoms with Crippen molar-refractivity contribution in [2.75, 3.05) is 18.8 Å². The molecular formula is C15H21NS. The number of nitrogens with zero attached hydrogens (tertiary/aromatic N) is 1. The zero-order chi connectivity index (χ0) is 11.7. The molecule has 1 nitrogen and oxygen atoms in total. The molecule has 0 aromatic heterocycles. The molecule has 1 heterocycles. The van der Waals surface area contributed by atoms with Crippen LogP contribution >= 0.6 is 12.6 Å². The molecule has 1 saturated carbocycles. The van der Waals surface area contributed by atoms with E-state index in [-0.39, 0.29) is 0 Å². The highest BCUT2D eigenvalue weighted by atomic mass is 32.1. The molecule has 1 aromatic carbocycles. The number of hydrogen-bond acceptors (Lipinski definition) is 2. The van der Waals surface area contributed by atoms with Crippen LogP contribution in [0.25, 0.3) is 0 Å². The van der Waals surface area contributed by atoms with Crippen molar-refractivity contribution in [3.05, 3.63) is 35.9 Å². The third kappa shape index (κ3) is 2.69. The van der Waals surface area contributed by atoms with Crippen LogP contribution in [0.4, 0.5) is 0 Å². The van der Waals surface area contributed by atoms with E-state index < -0.39 is 0 Å². The number of hydrogen-bond donors (Lipinski definition) is 1. The first-order valence-corrected chi connectivity index (χ1v) is 7.37. The summed E-state index contributed by atoms with van der Waals surface area (Å²) in [6.45, 7) is 3.73. The summed E-state index contributed by atoms with van der Waals surface area (Å²) < 4.78 is 0. The highest BCUT2D eigenvalue weighted by Gasteiger charge is 2.43. The van der Waals surface area contributed by atoms with E-state index in [2.05, 4.69) is 47.9 Å². The standard InChI is InChI=1S/C15H21NS/c17-11-14-8-15(14)13-6-7-16(10-13)9-12-4-2-1-3-5-12/h1-5,13-15,17H,6-11H2. The van der Waals surface area contributed by atoms with Gasteiger partial charge in [-0.2, -0.15) is 12.6 Å². The van der Waals surface area contributed by atoms with Crippen LogP contribution in [0.1, 0.15) is 18.4 Å². The summed E-state index contributed by atoms with van der Waals surface area (Å²) in [7, 11) is 0. The lowest BCUT2D eigenvalue weighted by Gasteiger charge is -2.16. The quantitative estimate of drug-likeness (QED) is 0.800. The third-order valence-corrected chi connectivity index (χ3v) is 4.84. The number of rotatable bonds is 4. The molecule has 3 atom stereocenters. The lowest BCUT2D eigenvalue weighted by atomic mass is 10.0. The van der Waals surface area contributed by atoms with E-state index >= 15 is 0 Å². The van der Waals surface area contributed by atoms with Crippen molar-refractivity contribution in [1.29, 1.82) is 0 Å². The van der Waals surface area contributed by atoms with Crippen LogP contribution in [0.2, 0.25) is 0 Å². The third-order valence-electron chi connectivity index (χ3n) is 4.38. The van der Waals surface area contributed by atoms with Crippen molar-refractivity contribution in [1.82, 2.24) is 4.90 Å². The fourth-order valence-corrected chi connectivity index (χ4v) is 3.68. The van der Waals surface area contributed by atoms with E-state index in [1.807, 2.05) is 0 Å². The van der Waals surface area contributed by atoms with Gasteiger partial charge in [0, 0.05) is 13.1 Å². The van der Waals surface area contributed by atoms with Gasteiger partial charge in [0.15, 0.2) is 0 Å². The van der Waals surface area contributed by atoms with Gasteiger partial charge in [0.05, 0.1) is 0 Å². The second-order valence-electron chi connectivity index (χ2n) is 5.61. The predicted octanol–water partition coefficient (Wildman–Crippen LogP) is 3.07. The SMILES string of the molecule is SCC1CC1C1CCN(Cc2ccccc2)C1. The number of thiol groups is 1. The van der Waals surface area contributed by atoms with Gasteiger partial charge in [-0.15, -0.1) is 0 Å². The molecule has 1 aliphatic carbocycles. The Hall–Kier alpha value is -0.470. The van der Waals surface area contributed by atoms with Crippen LogP contribution in [0.5, 0.6) is 0 Å². The van der Waals surface area contributed by atoms with Crippen molar-refractivity contribution in [3.8, 4) is 0 Å². The molecule has 0 radical (unpaired) electrons. The molecule has 2 fully saturated rings. The molecule has 92 valence electrons. The molecule has 0 amide bonds. The van der Waals surface area contributed by atoms with Gasteiger partial charge in [-0.1, -0.05) is 30.3 Å². The average molecular weight is 247 g/mol. The summed E-state index contributed by atoms with van der Waals surface area (Å²) in [6.07, 6.45) is 2.84. The lowest BCUT2D eigenvalue weighted by Crippen LogP contribution is -2.20. The minimum absolute atomic E-state index is 0.931. The fraction of sp³-hybridized carbons (Fsp3) is 0.600. The molecule has 1 aliphatic heterocycles. The van der Waals surface area contributed by atoms with Gasteiger partial charge >= 0.3 is 0 Å². The van der Waals surface area contributed by atoms with E-state index in [0.29, 0.717) is 0 Å². The van der Waals surface area contributed by atoms with Gasteiger partial charge in [0.2, 0.25) is 0 Å². The van der Waals surface area contributed by atoms with Crippen molar-refractivity contribution in [2.45, 2.75) is 19.4 Å². The molecule has 0 spiro atoms. The van der Waals surface area contributed by atoms with Gasteiger partial charge in [0.1, 0.15) is 0 Å². The Morgan fingerprint density at radius 2 is 2.06 bits per heavy atom. The summed E-state index contributed by atoms with van der Waals surface area (Å²) in [5.41, 5.74) is 1.45. The molecule has 0 N–H and O–H groups in total. The second-order valence-corrected chi connectivity index (χ2v) is 5.98. The summed E-state index contributed by atoms with van der Waals surface area (Å²) in [6, 6.07) is 10.8. The van der Waals surface area contributed by atoms with Crippen molar-refractivity contribution in [3.63, 3.8) is 0 Å². The Morgan fingerprint density at radius 3 is 2.76 bits per heavy atom. The van der Waals surface area contributed by atoms with Gasteiger partial charge in [0.25, 0.3) is 0 Å². The van der Waals surface area contributed by atoms with E-state index in [0.717, 1.165) is 30.1 Å². The van der Waals surface area contributed by atoms with Gasteiger partial charge in [-0.3, -0.25) is 4.90 Å². The highest BCUT2D eigenvalue weighted by Crippen LogP contribution is 2.47. The van der Waals surface area contributed by atoms with E-state index in [1.54, 1.807) is 0 Å². The topological polar surface area (TPSA) is 3.24 Å². The van der Waals surface area contributed by atoms with Crippen LogP contribution in [-0.2, 0) is 6.54 Å². The van der Waals surface area contributed by atoms with E-state index in [9.17, 15) is 0 Å². The summed E-state index contributed by atoms with van der Waals surface area (Å²) >= 11 is 4.42. The van der Waals surface area contributed by atoms with Gasteiger partial charge in [-0.05, 0) is 48.5 Å². The predicted molar refractivity (Wildman–Crippen MR) is 75.3 cm³/mol. The van der Waals surface area contributed by atoms with Crippen LogP contribution in [0.3, 0.4) is 0 Å². The second kappa shape index (κ2) is 5.03. The van der Waals surface area contributed by atoms with Crippen molar-refractivity contribution < 1.29 is 0 Å². The normalized spacial score (nSPS) is 32.9. The van der Waals surface area contributed by atoms with Crippen molar-refractivity contribution in [2.24, 2.45) is 17.8 Å². The first-order chi connectivity index (χ1) is 8.36. The van der Waals surface area contributed by atoms with Crippen LogP contribution in [0, 0.1) is 17.8 Å². The van der Waals surface area contributed by atoms with Crippen LogP contribution in [0.15, 0.2) is 30.3 Å². The average Bonchev–Trinajstić information content (AvgIpc) is 3.03. The van der Waals surface area contributed by atoms with Gasteiger partial charge < -0.3 is 0 Å².